The third kappa shape index (κ3) is 6.06. The zero-order valence-electron chi connectivity index (χ0n) is 19.3. The Morgan fingerprint density at radius 2 is 1.61 bits per heavy atom. The molecule has 3 aromatic rings. The average Bonchev–Trinajstić information content (AvgIpc) is 2.85. The lowest BCUT2D eigenvalue weighted by Gasteiger charge is -2.31. The quantitative estimate of drug-likeness (QED) is 0.400. The van der Waals surface area contributed by atoms with Crippen LogP contribution < -0.4 is 0 Å². The lowest BCUT2D eigenvalue weighted by Crippen LogP contribution is -2.32. The summed E-state index contributed by atoms with van der Waals surface area (Å²) in [7, 11) is 0. The summed E-state index contributed by atoms with van der Waals surface area (Å²) >= 11 is 0. The Kier molecular flexibility index (Phi) is 8.75. The van der Waals surface area contributed by atoms with E-state index in [4.69, 9.17) is 9.47 Å². The summed E-state index contributed by atoms with van der Waals surface area (Å²) in [5.41, 5.74) is 2.80. The van der Waals surface area contributed by atoms with Crippen LogP contribution in [-0.2, 0) is 28.3 Å². The maximum absolute atomic E-state index is 12.3. The molecule has 0 aliphatic rings. The zero-order valence-corrected chi connectivity index (χ0v) is 19.3. The number of rotatable bonds is 9. The van der Waals surface area contributed by atoms with Crippen molar-refractivity contribution in [3.05, 3.63) is 94.6 Å². The van der Waals surface area contributed by atoms with Crippen molar-refractivity contribution in [2.75, 3.05) is 13.2 Å². The summed E-state index contributed by atoms with van der Waals surface area (Å²) in [6.07, 6.45) is 3.28. The molecule has 0 bridgehead atoms. The van der Waals surface area contributed by atoms with Crippen LogP contribution in [0.4, 0.5) is 0 Å². The Morgan fingerprint density at radius 3 is 2.30 bits per heavy atom. The van der Waals surface area contributed by atoms with Gasteiger partial charge in [0.1, 0.15) is 13.2 Å². The van der Waals surface area contributed by atoms with E-state index in [-0.39, 0.29) is 0 Å². The summed E-state index contributed by atoms with van der Waals surface area (Å²) in [5, 5.41) is 12.3. The number of aliphatic hydroxyl groups is 1. The van der Waals surface area contributed by atoms with Crippen molar-refractivity contribution in [2.24, 2.45) is 0 Å². The fourth-order valence-corrected chi connectivity index (χ4v) is 3.48. The Hall–Kier alpha value is -3.48. The van der Waals surface area contributed by atoms with Gasteiger partial charge >= 0.3 is 0 Å². The van der Waals surface area contributed by atoms with Crippen molar-refractivity contribution in [3.63, 3.8) is 0 Å². The van der Waals surface area contributed by atoms with E-state index >= 15 is 0 Å². The third-order valence-electron chi connectivity index (χ3n) is 5.13. The second kappa shape index (κ2) is 11.9. The van der Waals surface area contributed by atoms with Gasteiger partial charge in [-0.1, -0.05) is 54.3 Å². The van der Waals surface area contributed by atoms with Gasteiger partial charge in [0, 0.05) is 6.20 Å². The molecule has 0 amide bonds. The molecule has 33 heavy (non-hydrogen) atoms. The van der Waals surface area contributed by atoms with Crippen molar-refractivity contribution in [3.8, 4) is 23.7 Å². The van der Waals surface area contributed by atoms with E-state index in [2.05, 4.69) is 33.6 Å². The summed E-state index contributed by atoms with van der Waals surface area (Å²) in [4.78, 5) is 8.94. The summed E-state index contributed by atoms with van der Waals surface area (Å²) in [6, 6.07) is 15.3. The number of benzene rings is 2. The molecular formula is C28H28N2O3. The average molecular weight is 441 g/mol. The van der Waals surface area contributed by atoms with Gasteiger partial charge in [-0.15, -0.1) is 11.8 Å². The van der Waals surface area contributed by atoms with E-state index in [0.717, 1.165) is 16.8 Å². The molecule has 1 heterocycles. The maximum Gasteiger partial charge on any atom is 0.159 e. The Balaban J connectivity index is 2.07. The largest absolute Gasteiger partial charge is 0.374 e. The van der Waals surface area contributed by atoms with Crippen LogP contribution in [0, 0.1) is 30.6 Å². The van der Waals surface area contributed by atoms with Gasteiger partial charge in [-0.3, -0.25) is 9.97 Å². The summed E-state index contributed by atoms with van der Waals surface area (Å²) in [5.74, 6) is 11.4. The number of ether oxygens (including phenoxy) is 2. The third-order valence-corrected chi connectivity index (χ3v) is 5.13. The van der Waals surface area contributed by atoms with Crippen molar-refractivity contribution in [2.45, 2.75) is 39.6 Å². The molecule has 0 saturated carbocycles. The number of nitrogens with zero attached hydrogens (tertiary/aromatic N) is 2. The standard InChI is InChI=1S/C28H28N2O3/c1-4-6-15-32-20-23-11-10-13-25(17-23)28(31,27-19-29-22(3)18-30-27)26-14-9-8-12-24(26)21-33-16-7-5-2/h8-14,17-19,31H,15-16,20-21H2,1-3H3. The molecule has 0 aliphatic heterocycles. The SMILES string of the molecule is CC#CCOCc1cccc(C(O)(c2cnc(C)cn2)c2ccccc2COCC#CC)c1. The number of hydrogen-bond donors (Lipinski definition) is 1. The molecule has 1 N–H and O–H groups in total. The van der Waals surface area contributed by atoms with E-state index in [1.54, 1.807) is 26.2 Å². The lowest BCUT2D eigenvalue weighted by molar-refractivity contribution is 0.110. The van der Waals surface area contributed by atoms with Gasteiger partial charge in [-0.25, -0.2) is 0 Å². The van der Waals surface area contributed by atoms with Crippen LogP contribution in [0.5, 0.6) is 0 Å². The van der Waals surface area contributed by atoms with Crippen LogP contribution in [0.25, 0.3) is 0 Å². The molecule has 0 aliphatic carbocycles. The second-order valence-corrected chi connectivity index (χ2v) is 7.45. The normalized spacial score (nSPS) is 12.1. The van der Waals surface area contributed by atoms with E-state index in [1.165, 1.54) is 0 Å². The molecular weight excluding hydrogens is 412 g/mol. The first-order valence-electron chi connectivity index (χ1n) is 10.7. The lowest BCUT2D eigenvalue weighted by atomic mass is 9.80. The van der Waals surface area contributed by atoms with Gasteiger partial charge < -0.3 is 14.6 Å². The monoisotopic (exact) mass is 440 g/mol. The Bertz CT molecular complexity index is 1180. The van der Waals surface area contributed by atoms with Crippen molar-refractivity contribution < 1.29 is 14.6 Å². The van der Waals surface area contributed by atoms with Crippen molar-refractivity contribution in [1.29, 1.82) is 0 Å². The van der Waals surface area contributed by atoms with E-state index in [0.29, 0.717) is 43.2 Å². The molecule has 5 heteroatoms. The predicted molar refractivity (Wildman–Crippen MR) is 128 cm³/mol. The van der Waals surface area contributed by atoms with Gasteiger partial charge in [0.15, 0.2) is 5.60 Å². The fraction of sp³-hybridized carbons (Fsp3) is 0.286. The Labute approximate surface area is 195 Å². The fourth-order valence-electron chi connectivity index (χ4n) is 3.48. The first-order valence-corrected chi connectivity index (χ1v) is 10.7. The molecule has 0 radical (unpaired) electrons. The molecule has 3 rings (SSSR count). The molecule has 0 spiro atoms. The minimum Gasteiger partial charge on any atom is -0.374 e. The van der Waals surface area contributed by atoms with Gasteiger partial charge in [0.05, 0.1) is 30.8 Å². The highest BCUT2D eigenvalue weighted by molar-refractivity contribution is 5.48. The predicted octanol–water partition coefficient (Wildman–Crippen LogP) is 4.15. The van der Waals surface area contributed by atoms with Gasteiger partial charge in [0.2, 0.25) is 0 Å². The van der Waals surface area contributed by atoms with Gasteiger partial charge in [-0.05, 0) is 49.1 Å². The number of hydrogen-bond acceptors (Lipinski definition) is 5. The van der Waals surface area contributed by atoms with Crippen LogP contribution >= 0.6 is 0 Å². The van der Waals surface area contributed by atoms with Crippen LogP contribution in [-0.4, -0.2) is 28.3 Å². The molecule has 1 aromatic heterocycles. The van der Waals surface area contributed by atoms with Crippen LogP contribution in [0.3, 0.4) is 0 Å². The highest BCUT2D eigenvalue weighted by atomic mass is 16.5. The van der Waals surface area contributed by atoms with Crippen LogP contribution in [0.2, 0.25) is 0 Å². The van der Waals surface area contributed by atoms with E-state index in [1.807, 2.05) is 55.5 Å². The molecule has 0 saturated heterocycles. The first kappa shape index (κ1) is 24.2. The minimum absolute atomic E-state index is 0.310. The first-order chi connectivity index (χ1) is 16.1. The van der Waals surface area contributed by atoms with E-state index < -0.39 is 5.60 Å². The van der Waals surface area contributed by atoms with Crippen molar-refractivity contribution in [1.82, 2.24) is 9.97 Å². The molecule has 1 unspecified atom stereocenters. The maximum atomic E-state index is 12.3. The zero-order chi connectivity index (χ0) is 23.5. The Morgan fingerprint density at radius 1 is 0.879 bits per heavy atom. The minimum atomic E-state index is -1.53. The topological polar surface area (TPSA) is 64.5 Å². The highest BCUT2D eigenvalue weighted by Crippen LogP contribution is 2.38. The molecule has 0 fully saturated rings. The van der Waals surface area contributed by atoms with Gasteiger partial charge in [0.25, 0.3) is 0 Å². The molecule has 2 aromatic carbocycles. The van der Waals surface area contributed by atoms with Gasteiger partial charge in [-0.2, -0.15) is 0 Å². The molecule has 1 atom stereocenters. The summed E-state index contributed by atoms with van der Waals surface area (Å²) in [6.45, 7) is 6.80. The number of aromatic nitrogens is 2. The molecule has 5 nitrogen and oxygen atoms in total. The highest BCUT2D eigenvalue weighted by Gasteiger charge is 2.37. The smallest absolute Gasteiger partial charge is 0.159 e. The van der Waals surface area contributed by atoms with Crippen LogP contribution in [0.1, 0.15) is 47.5 Å². The van der Waals surface area contributed by atoms with Crippen molar-refractivity contribution >= 4 is 0 Å². The second-order valence-electron chi connectivity index (χ2n) is 7.45. The summed E-state index contributed by atoms with van der Waals surface area (Å²) < 4.78 is 11.4. The van der Waals surface area contributed by atoms with E-state index in [9.17, 15) is 5.11 Å². The van der Waals surface area contributed by atoms with Crippen LogP contribution in [0.15, 0.2) is 60.9 Å². The molecule has 168 valence electrons. The number of aryl methyl sites for hydroxylation is 1.